The van der Waals surface area contributed by atoms with E-state index in [2.05, 4.69) is 20.9 Å². The summed E-state index contributed by atoms with van der Waals surface area (Å²) in [5.74, 6) is -3.72. The van der Waals surface area contributed by atoms with Crippen LogP contribution in [0, 0.1) is 0 Å². The number of carbonyl (C=O) groups is 6. The van der Waals surface area contributed by atoms with E-state index in [1.165, 1.54) is 20.0 Å². The van der Waals surface area contributed by atoms with Crippen LogP contribution >= 0.6 is 0 Å². The van der Waals surface area contributed by atoms with Crippen LogP contribution in [0.15, 0.2) is 59.1 Å². The minimum absolute atomic E-state index is 0.0670. The molecule has 18 nitrogen and oxygen atoms in total. The summed E-state index contributed by atoms with van der Waals surface area (Å²) in [6.45, 7) is 12.6. The SMILES string of the molecule is CC(=O)N[C@H]1[C@@H](O[C@@H](C)[C@H](NC(=O)OCC2c3ccccc3-c3ccccc32)C(=O)N[C@@H](C)c2ncc(OC(C)(C)C)o2)O[C@H](COC(C)=O)[C@H](OC(C)=O)[C@@H]1OC(C)=O. The number of esters is 3. The summed E-state index contributed by atoms with van der Waals surface area (Å²) in [5.41, 5.74) is 3.41. The molecule has 1 saturated heterocycles. The third kappa shape index (κ3) is 11.6. The lowest BCUT2D eigenvalue weighted by Gasteiger charge is -2.45. The lowest BCUT2D eigenvalue weighted by Crippen LogP contribution is -2.67. The van der Waals surface area contributed by atoms with Gasteiger partial charge in [0.15, 0.2) is 18.5 Å². The highest BCUT2D eigenvalue weighted by atomic mass is 16.7. The molecule has 0 saturated carbocycles. The van der Waals surface area contributed by atoms with E-state index in [0.29, 0.717) is 0 Å². The van der Waals surface area contributed by atoms with Crippen LogP contribution in [-0.4, -0.2) is 102 Å². The fraction of sp³-hybridized carbons (Fsp3) is 0.500. The van der Waals surface area contributed by atoms with Gasteiger partial charge in [0.2, 0.25) is 17.7 Å². The first-order valence-corrected chi connectivity index (χ1v) is 19.4. The molecule has 2 heterocycles. The topological polar surface area (TPSA) is 229 Å². The number of carbonyl (C=O) groups excluding carboxylic acids is 6. The summed E-state index contributed by atoms with van der Waals surface area (Å²) in [6, 6.07) is 11.9. The van der Waals surface area contributed by atoms with Crippen LogP contribution in [0.1, 0.15) is 91.3 Å². The van der Waals surface area contributed by atoms with Crippen molar-refractivity contribution in [2.24, 2.45) is 0 Å². The quantitative estimate of drug-likeness (QED) is 0.145. The van der Waals surface area contributed by atoms with Crippen LogP contribution in [0.5, 0.6) is 5.95 Å². The zero-order valence-corrected chi connectivity index (χ0v) is 35.0. The van der Waals surface area contributed by atoms with Gasteiger partial charge in [0.25, 0.3) is 0 Å². The number of alkyl carbamates (subject to hydrolysis) is 1. The second-order valence-corrected chi connectivity index (χ2v) is 15.5. The molecule has 324 valence electrons. The van der Waals surface area contributed by atoms with Crippen molar-refractivity contribution in [1.29, 1.82) is 0 Å². The van der Waals surface area contributed by atoms with Crippen LogP contribution in [0.3, 0.4) is 0 Å². The third-order valence-corrected chi connectivity index (χ3v) is 9.43. The Morgan fingerprint density at radius 3 is 1.95 bits per heavy atom. The molecule has 2 aromatic carbocycles. The van der Waals surface area contributed by atoms with Gasteiger partial charge in [-0.3, -0.25) is 24.0 Å². The van der Waals surface area contributed by atoms with E-state index in [1.54, 1.807) is 6.92 Å². The Hall–Kier alpha value is -6.01. The summed E-state index contributed by atoms with van der Waals surface area (Å²) < 4.78 is 46.0. The van der Waals surface area contributed by atoms with Gasteiger partial charge in [0, 0.05) is 33.6 Å². The van der Waals surface area contributed by atoms with Crippen molar-refractivity contribution in [2.45, 2.75) is 123 Å². The van der Waals surface area contributed by atoms with E-state index in [9.17, 15) is 28.8 Å². The number of amides is 3. The number of fused-ring (bicyclic) bond motifs is 3. The summed E-state index contributed by atoms with van der Waals surface area (Å²) in [6.07, 6.45) is -6.54. The number of rotatable bonds is 15. The van der Waals surface area contributed by atoms with Crippen molar-refractivity contribution in [2.75, 3.05) is 13.2 Å². The number of aromatic nitrogens is 1. The number of hydrogen-bond donors (Lipinski definition) is 3. The largest absolute Gasteiger partial charge is 0.463 e. The first-order valence-electron chi connectivity index (χ1n) is 19.4. The van der Waals surface area contributed by atoms with Crippen molar-refractivity contribution >= 4 is 35.8 Å². The predicted octanol–water partition coefficient (Wildman–Crippen LogP) is 4.00. The smallest absolute Gasteiger partial charge is 0.407 e. The molecular weight excluding hydrogens is 784 g/mol. The Bertz CT molecular complexity index is 2000. The van der Waals surface area contributed by atoms with Gasteiger partial charge in [0.05, 0.1) is 6.10 Å². The van der Waals surface area contributed by atoms with Crippen LogP contribution in [0.25, 0.3) is 11.1 Å². The molecule has 0 bridgehead atoms. The molecule has 18 heteroatoms. The maximum Gasteiger partial charge on any atom is 0.407 e. The lowest BCUT2D eigenvalue weighted by molar-refractivity contribution is -0.287. The maximum absolute atomic E-state index is 14.2. The van der Waals surface area contributed by atoms with E-state index in [0.717, 1.165) is 43.0 Å². The molecule has 5 rings (SSSR count). The molecule has 2 aliphatic rings. The molecule has 3 aromatic rings. The van der Waals surface area contributed by atoms with Gasteiger partial charge < -0.3 is 53.5 Å². The van der Waals surface area contributed by atoms with Gasteiger partial charge >= 0.3 is 29.9 Å². The average molecular weight is 837 g/mol. The number of hydrogen-bond acceptors (Lipinski definition) is 15. The van der Waals surface area contributed by atoms with E-state index < -0.39 is 96.9 Å². The highest BCUT2D eigenvalue weighted by molar-refractivity contribution is 5.86. The molecule has 0 spiro atoms. The molecule has 0 radical (unpaired) electrons. The van der Waals surface area contributed by atoms with Gasteiger partial charge in [-0.15, -0.1) is 0 Å². The normalized spacial score (nSPS) is 21.2. The zero-order chi connectivity index (χ0) is 43.9. The first-order chi connectivity index (χ1) is 28.3. The maximum atomic E-state index is 14.2. The van der Waals surface area contributed by atoms with E-state index in [1.807, 2.05) is 69.3 Å². The zero-order valence-electron chi connectivity index (χ0n) is 35.0. The summed E-state index contributed by atoms with van der Waals surface area (Å²) >= 11 is 0. The van der Waals surface area contributed by atoms with Gasteiger partial charge in [-0.1, -0.05) is 48.5 Å². The molecule has 3 N–H and O–H groups in total. The van der Waals surface area contributed by atoms with Crippen LogP contribution in [0.2, 0.25) is 0 Å². The van der Waals surface area contributed by atoms with E-state index in [-0.39, 0.29) is 24.4 Å². The summed E-state index contributed by atoms with van der Waals surface area (Å²) in [5, 5.41) is 8.01. The number of ether oxygens (including phenoxy) is 7. The fourth-order valence-corrected chi connectivity index (χ4v) is 7.05. The van der Waals surface area contributed by atoms with Crippen molar-refractivity contribution in [1.82, 2.24) is 20.9 Å². The highest BCUT2D eigenvalue weighted by Crippen LogP contribution is 2.44. The fourth-order valence-electron chi connectivity index (χ4n) is 7.05. The number of nitrogens with zero attached hydrogens (tertiary/aromatic N) is 1. The van der Waals surface area contributed by atoms with Crippen LogP contribution < -0.4 is 20.7 Å². The molecule has 1 aliphatic heterocycles. The standard InChI is InChI=1S/C42H52N4O14/c1-21(39-43-18-33(59-39)60-42(7,8)9)44-38(51)34(46-41(52)54-19-31-29-16-12-10-14-27(29)28-15-11-13-17-30(28)31)22(2)55-40-35(45-23(3)47)37(57-26(6)50)36(56-25(5)49)32(58-40)20-53-24(4)48/h10-18,21-22,31-32,34-37,40H,19-20H2,1-9H3,(H,44,51)(H,45,47)(H,46,52)/t21-,22-,32+,34-,35+,36-,37+,40-/m0/s1. The van der Waals surface area contributed by atoms with Crippen molar-refractivity contribution in [3.8, 4) is 17.1 Å². The molecular formula is C42H52N4O14. The lowest BCUT2D eigenvalue weighted by atomic mass is 9.95. The third-order valence-electron chi connectivity index (χ3n) is 9.43. The molecule has 1 fully saturated rings. The Kier molecular flexibility index (Phi) is 14.6. The summed E-state index contributed by atoms with van der Waals surface area (Å²) in [4.78, 5) is 81.2. The molecule has 3 amide bonds. The first kappa shape index (κ1) is 45.1. The van der Waals surface area contributed by atoms with Crippen molar-refractivity contribution in [3.63, 3.8) is 0 Å². The molecule has 1 aromatic heterocycles. The summed E-state index contributed by atoms with van der Waals surface area (Å²) in [7, 11) is 0. The monoisotopic (exact) mass is 836 g/mol. The molecule has 60 heavy (non-hydrogen) atoms. The number of nitrogens with one attached hydrogen (secondary N) is 3. The Balaban J connectivity index is 1.42. The van der Waals surface area contributed by atoms with Gasteiger partial charge in [-0.05, 0) is 56.9 Å². The average Bonchev–Trinajstić information content (AvgIpc) is 3.75. The molecule has 8 atom stereocenters. The second-order valence-electron chi connectivity index (χ2n) is 15.5. The molecule has 1 aliphatic carbocycles. The van der Waals surface area contributed by atoms with Gasteiger partial charge in [0.1, 0.15) is 49.2 Å². The minimum atomic E-state index is -1.55. The van der Waals surface area contributed by atoms with E-state index in [4.69, 9.17) is 37.6 Å². The van der Waals surface area contributed by atoms with Crippen LogP contribution in [-0.2, 0) is 52.4 Å². The Labute approximate surface area is 347 Å². The van der Waals surface area contributed by atoms with Gasteiger partial charge in [-0.2, -0.15) is 0 Å². The predicted molar refractivity (Wildman–Crippen MR) is 210 cm³/mol. The highest BCUT2D eigenvalue weighted by Gasteiger charge is 2.52. The van der Waals surface area contributed by atoms with Crippen LogP contribution in [0.4, 0.5) is 4.79 Å². The molecule has 0 unspecified atom stereocenters. The van der Waals surface area contributed by atoms with Gasteiger partial charge in [-0.25, -0.2) is 9.78 Å². The van der Waals surface area contributed by atoms with Crippen molar-refractivity contribution in [3.05, 3.63) is 71.7 Å². The van der Waals surface area contributed by atoms with E-state index >= 15 is 0 Å². The minimum Gasteiger partial charge on any atom is -0.463 e. The number of oxazole rings is 1. The number of benzene rings is 2. The Morgan fingerprint density at radius 2 is 1.38 bits per heavy atom. The Morgan fingerprint density at radius 1 is 0.783 bits per heavy atom. The van der Waals surface area contributed by atoms with Crippen molar-refractivity contribution < 1.29 is 66.3 Å². The second kappa shape index (κ2) is 19.4.